The third kappa shape index (κ3) is 2.88. The van der Waals surface area contributed by atoms with E-state index in [0.717, 1.165) is 35.0 Å². The molecule has 0 radical (unpaired) electrons. The summed E-state index contributed by atoms with van der Waals surface area (Å²) in [6.07, 6.45) is 9.02. The lowest BCUT2D eigenvalue weighted by molar-refractivity contribution is 0.610. The van der Waals surface area contributed by atoms with Crippen molar-refractivity contribution in [2.24, 2.45) is 5.73 Å². The van der Waals surface area contributed by atoms with Crippen molar-refractivity contribution in [3.8, 4) is 0 Å². The molecular weight excluding hydrogens is 291 g/mol. The second-order valence-electron chi connectivity index (χ2n) is 5.50. The third-order valence-electron chi connectivity index (χ3n) is 3.97. The largest absolute Gasteiger partial charge is 0.349 e. The molecule has 1 unspecified atom stereocenters. The summed E-state index contributed by atoms with van der Waals surface area (Å²) in [5, 5.41) is 1.47. The number of halogens is 2. The van der Waals surface area contributed by atoms with Gasteiger partial charge in [-0.05, 0) is 54.2 Å². The fourth-order valence-electron chi connectivity index (χ4n) is 2.90. The molecule has 0 saturated carbocycles. The molecule has 0 saturated heterocycles. The fraction of sp³-hybridized carbons (Fsp3) is 0.375. The average Bonchev–Trinajstić information content (AvgIpc) is 2.74. The van der Waals surface area contributed by atoms with Gasteiger partial charge in [0, 0.05) is 35.0 Å². The summed E-state index contributed by atoms with van der Waals surface area (Å²) < 4.78 is 2.17. The summed E-state index contributed by atoms with van der Waals surface area (Å²) in [4.78, 5) is 0. The Hall–Kier alpha value is -0.960. The van der Waals surface area contributed by atoms with E-state index in [0.29, 0.717) is 0 Å². The van der Waals surface area contributed by atoms with Gasteiger partial charge in [-0.3, -0.25) is 0 Å². The normalized spacial score (nSPS) is 18.6. The van der Waals surface area contributed by atoms with Crippen LogP contribution < -0.4 is 5.73 Å². The van der Waals surface area contributed by atoms with E-state index >= 15 is 0 Å². The van der Waals surface area contributed by atoms with Crippen LogP contribution in [0.1, 0.15) is 42.0 Å². The Kier molecular flexibility index (Phi) is 4.06. The molecule has 1 aromatic heterocycles. The second kappa shape index (κ2) is 5.80. The van der Waals surface area contributed by atoms with E-state index in [1.807, 2.05) is 18.2 Å². The molecule has 4 heteroatoms. The van der Waals surface area contributed by atoms with E-state index in [4.69, 9.17) is 28.9 Å². The summed E-state index contributed by atoms with van der Waals surface area (Å²) in [5.41, 5.74) is 9.96. The van der Waals surface area contributed by atoms with E-state index in [1.54, 1.807) is 0 Å². The summed E-state index contributed by atoms with van der Waals surface area (Å²) >= 11 is 12.3. The van der Waals surface area contributed by atoms with Gasteiger partial charge in [-0.1, -0.05) is 29.6 Å². The molecule has 0 amide bonds. The van der Waals surface area contributed by atoms with E-state index in [-0.39, 0.29) is 6.04 Å². The molecule has 3 rings (SSSR count). The van der Waals surface area contributed by atoms with E-state index < -0.39 is 0 Å². The molecule has 1 aliphatic carbocycles. The Morgan fingerprint density at radius 1 is 1.20 bits per heavy atom. The highest BCUT2D eigenvalue weighted by atomic mass is 35.5. The van der Waals surface area contributed by atoms with Crippen LogP contribution in [0.15, 0.2) is 30.6 Å². The summed E-state index contributed by atoms with van der Waals surface area (Å²) in [6.45, 7) is 0.735. The zero-order chi connectivity index (χ0) is 14.1. The van der Waals surface area contributed by atoms with Gasteiger partial charge < -0.3 is 10.3 Å². The molecule has 2 nitrogen and oxygen atoms in total. The first kappa shape index (κ1) is 14.0. The van der Waals surface area contributed by atoms with Crippen molar-refractivity contribution in [1.82, 2.24) is 4.57 Å². The molecule has 0 fully saturated rings. The van der Waals surface area contributed by atoms with Gasteiger partial charge >= 0.3 is 0 Å². The van der Waals surface area contributed by atoms with E-state index in [1.165, 1.54) is 24.0 Å². The Balaban J connectivity index is 1.88. The van der Waals surface area contributed by atoms with Crippen LogP contribution in [0.25, 0.3) is 0 Å². The molecule has 1 aliphatic rings. The summed E-state index contributed by atoms with van der Waals surface area (Å²) in [5.74, 6) is 0. The number of rotatable bonds is 2. The SMILES string of the molecule is NC1CCCCc2cn(Cc3cc(Cl)ccc3Cl)cc21. The van der Waals surface area contributed by atoms with Gasteiger partial charge in [-0.2, -0.15) is 0 Å². The van der Waals surface area contributed by atoms with Crippen LogP contribution in [0.5, 0.6) is 0 Å². The molecular formula is C16H18Cl2N2. The number of fused-ring (bicyclic) bond motifs is 1. The Bertz CT molecular complexity index is 619. The van der Waals surface area contributed by atoms with Gasteiger partial charge in [-0.15, -0.1) is 0 Å². The Labute approximate surface area is 129 Å². The molecule has 1 aromatic carbocycles. The predicted octanol–water partition coefficient (Wildman–Crippen LogP) is 4.57. The smallest absolute Gasteiger partial charge is 0.0485 e. The predicted molar refractivity (Wildman–Crippen MR) is 84.5 cm³/mol. The highest BCUT2D eigenvalue weighted by molar-refractivity contribution is 6.33. The molecule has 1 heterocycles. The number of nitrogens with zero attached hydrogens (tertiary/aromatic N) is 1. The highest BCUT2D eigenvalue weighted by Crippen LogP contribution is 2.29. The van der Waals surface area contributed by atoms with Gasteiger partial charge in [0.05, 0.1) is 0 Å². The monoisotopic (exact) mass is 308 g/mol. The van der Waals surface area contributed by atoms with Gasteiger partial charge in [-0.25, -0.2) is 0 Å². The van der Waals surface area contributed by atoms with Gasteiger partial charge in [0.15, 0.2) is 0 Å². The maximum Gasteiger partial charge on any atom is 0.0485 e. The van der Waals surface area contributed by atoms with Crippen LogP contribution in [-0.4, -0.2) is 4.57 Å². The number of aromatic nitrogens is 1. The fourth-order valence-corrected chi connectivity index (χ4v) is 3.28. The van der Waals surface area contributed by atoms with Gasteiger partial charge in [0.1, 0.15) is 0 Å². The first-order valence-corrected chi connectivity index (χ1v) is 7.77. The summed E-state index contributed by atoms with van der Waals surface area (Å²) in [6, 6.07) is 5.76. The number of hydrogen-bond donors (Lipinski definition) is 1. The Morgan fingerprint density at radius 2 is 2.05 bits per heavy atom. The number of nitrogens with two attached hydrogens (primary N) is 1. The quantitative estimate of drug-likeness (QED) is 0.809. The topological polar surface area (TPSA) is 30.9 Å². The van der Waals surface area contributed by atoms with Crippen LogP contribution in [0.3, 0.4) is 0 Å². The standard InChI is InChI=1S/C16H18Cl2N2/c17-13-5-6-15(18)12(7-13)9-20-8-11-3-1-2-4-16(19)14(11)10-20/h5-8,10,16H,1-4,9,19H2. The maximum atomic E-state index is 6.25. The molecule has 20 heavy (non-hydrogen) atoms. The highest BCUT2D eigenvalue weighted by Gasteiger charge is 2.17. The van der Waals surface area contributed by atoms with Crippen molar-refractivity contribution in [3.05, 3.63) is 57.3 Å². The van der Waals surface area contributed by atoms with Gasteiger partial charge in [0.25, 0.3) is 0 Å². The van der Waals surface area contributed by atoms with Crippen molar-refractivity contribution in [2.45, 2.75) is 38.3 Å². The lowest BCUT2D eigenvalue weighted by atomic mass is 10.1. The zero-order valence-electron chi connectivity index (χ0n) is 11.3. The van der Waals surface area contributed by atoms with Crippen LogP contribution in [0.4, 0.5) is 0 Å². The van der Waals surface area contributed by atoms with Crippen molar-refractivity contribution in [2.75, 3.05) is 0 Å². The molecule has 0 aliphatic heterocycles. The second-order valence-corrected chi connectivity index (χ2v) is 6.34. The van der Waals surface area contributed by atoms with Crippen LogP contribution >= 0.6 is 23.2 Å². The van der Waals surface area contributed by atoms with Crippen molar-refractivity contribution in [3.63, 3.8) is 0 Å². The Morgan fingerprint density at radius 3 is 2.90 bits per heavy atom. The number of benzene rings is 1. The van der Waals surface area contributed by atoms with E-state index in [2.05, 4.69) is 17.0 Å². The lowest BCUT2D eigenvalue weighted by Crippen LogP contribution is -2.09. The molecule has 1 atom stereocenters. The van der Waals surface area contributed by atoms with Crippen molar-refractivity contribution in [1.29, 1.82) is 0 Å². The third-order valence-corrected chi connectivity index (χ3v) is 4.57. The van der Waals surface area contributed by atoms with E-state index in [9.17, 15) is 0 Å². The first-order chi connectivity index (χ1) is 9.63. The molecule has 0 spiro atoms. The molecule has 2 aromatic rings. The molecule has 106 valence electrons. The lowest BCUT2D eigenvalue weighted by Gasteiger charge is -2.08. The van der Waals surface area contributed by atoms with Crippen molar-refractivity contribution >= 4 is 23.2 Å². The van der Waals surface area contributed by atoms with Crippen LogP contribution in [0, 0.1) is 0 Å². The number of aryl methyl sites for hydroxylation is 1. The first-order valence-electron chi connectivity index (χ1n) is 7.01. The van der Waals surface area contributed by atoms with Crippen molar-refractivity contribution < 1.29 is 0 Å². The molecule has 0 bridgehead atoms. The van der Waals surface area contributed by atoms with Gasteiger partial charge in [0.2, 0.25) is 0 Å². The van der Waals surface area contributed by atoms with Crippen LogP contribution in [0.2, 0.25) is 10.0 Å². The zero-order valence-corrected chi connectivity index (χ0v) is 12.8. The minimum atomic E-state index is 0.170. The summed E-state index contributed by atoms with van der Waals surface area (Å²) in [7, 11) is 0. The number of hydrogen-bond acceptors (Lipinski definition) is 1. The average molecular weight is 309 g/mol. The minimum absolute atomic E-state index is 0.170. The molecule has 2 N–H and O–H groups in total. The maximum absolute atomic E-state index is 6.25. The van der Waals surface area contributed by atoms with Crippen LogP contribution in [-0.2, 0) is 13.0 Å². The minimum Gasteiger partial charge on any atom is -0.349 e.